The highest BCUT2D eigenvalue weighted by Gasteiger charge is 2.27. The molecule has 1 aromatic carbocycles. The fraction of sp³-hybridized carbons (Fsp3) is 0.500. The average molecular weight is 290 g/mol. The van der Waals surface area contributed by atoms with Crippen LogP contribution in [0.1, 0.15) is 30.9 Å². The van der Waals surface area contributed by atoms with Gasteiger partial charge in [0.15, 0.2) is 0 Å². The molecule has 0 aromatic heterocycles. The number of nitrogens with one attached hydrogen (secondary N) is 1. The Bertz CT molecular complexity index is 530. The van der Waals surface area contributed by atoms with Gasteiger partial charge in [0.05, 0.1) is 0 Å². The van der Waals surface area contributed by atoms with Crippen LogP contribution in [0.4, 0.5) is 4.79 Å². The number of carbonyl (C=O) groups excluding carboxylic acids is 1. The highest BCUT2D eigenvalue weighted by atomic mass is 16.4. The molecule has 0 saturated heterocycles. The lowest BCUT2D eigenvalue weighted by Crippen LogP contribution is -2.50. The second-order valence-electron chi connectivity index (χ2n) is 5.53. The maximum absolute atomic E-state index is 12.2. The van der Waals surface area contributed by atoms with Crippen molar-refractivity contribution in [2.24, 2.45) is 0 Å². The molecule has 0 saturated carbocycles. The predicted molar refractivity (Wildman–Crippen MR) is 80.3 cm³/mol. The highest BCUT2D eigenvalue weighted by molar-refractivity contribution is 5.82. The van der Waals surface area contributed by atoms with E-state index in [0.29, 0.717) is 6.42 Å². The molecule has 0 heterocycles. The Balaban J connectivity index is 1.96. The van der Waals surface area contributed by atoms with E-state index in [1.807, 2.05) is 12.1 Å². The van der Waals surface area contributed by atoms with E-state index in [9.17, 15) is 9.59 Å². The largest absolute Gasteiger partial charge is 0.480 e. The fourth-order valence-electron chi connectivity index (χ4n) is 2.85. The number of aryl methyl sites for hydroxylation is 1. The number of fused-ring (bicyclic) bond motifs is 1. The summed E-state index contributed by atoms with van der Waals surface area (Å²) in [6.07, 6.45) is 3.04. The Labute approximate surface area is 125 Å². The maximum atomic E-state index is 12.2. The van der Waals surface area contributed by atoms with Crippen LogP contribution in [0.15, 0.2) is 24.3 Å². The summed E-state index contributed by atoms with van der Waals surface area (Å²) in [4.78, 5) is 24.6. The number of hydrogen-bond donors (Lipinski definition) is 2. The quantitative estimate of drug-likeness (QED) is 0.891. The summed E-state index contributed by atoms with van der Waals surface area (Å²) in [6, 6.07) is 7.23. The molecule has 5 nitrogen and oxygen atoms in total. The number of aliphatic carboxylic acids is 1. The number of nitrogens with zero attached hydrogens (tertiary/aromatic N) is 1. The van der Waals surface area contributed by atoms with Crippen LogP contribution >= 0.6 is 0 Å². The van der Waals surface area contributed by atoms with Gasteiger partial charge < -0.3 is 15.3 Å². The van der Waals surface area contributed by atoms with Gasteiger partial charge in [-0.1, -0.05) is 31.2 Å². The van der Waals surface area contributed by atoms with Crippen molar-refractivity contribution in [1.29, 1.82) is 0 Å². The Kier molecular flexibility index (Phi) is 4.83. The van der Waals surface area contributed by atoms with Gasteiger partial charge >= 0.3 is 12.0 Å². The van der Waals surface area contributed by atoms with Crippen LogP contribution in [0.2, 0.25) is 0 Å². The van der Waals surface area contributed by atoms with Crippen molar-refractivity contribution in [3.8, 4) is 0 Å². The van der Waals surface area contributed by atoms with Crippen LogP contribution in [0, 0.1) is 0 Å². The second kappa shape index (κ2) is 6.61. The summed E-state index contributed by atoms with van der Waals surface area (Å²) in [7, 11) is 1.54. The molecule has 1 aliphatic rings. The van der Waals surface area contributed by atoms with Crippen LogP contribution in [-0.2, 0) is 17.6 Å². The number of hydrogen-bond acceptors (Lipinski definition) is 2. The summed E-state index contributed by atoms with van der Waals surface area (Å²) in [6.45, 7) is 1.76. The minimum absolute atomic E-state index is 0.0705. The third kappa shape index (κ3) is 3.54. The molecule has 2 atom stereocenters. The number of carbonyl (C=O) groups is 2. The predicted octanol–water partition coefficient (Wildman–Crippen LogP) is 2.05. The number of likely N-dealkylation sites (N-methyl/N-ethyl adjacent to an activating group) is 1. The molecule has 0 aliphatic heterocycles. The van der Waals surface area contributed by atoms with Gasteiger partial charge in [-0.05, 0) is 36.8 Å². The Morgan fingerprint density at radius 3 is 2.67 bits per heavy atom. The third-order valence-electron chi connectivity index (χ3n) is 4.13. The van der Waals surface area contributed by atoms with Gasteiger partial charge in [-0.2, -0.15) is 0 Å². The van der Waals surface area contributed by atoms with Gasteiger partial charge in [-0.15, -0.1) is 0 Å². The second-order valence-corrected chi connectivity index (χ2v) is 5.53. The molecule has 0 bridgehead atoms. The van der Waals surface area contributed by atoms with Gasteiger partial charge in [-0.3, -0.25) is 0 Å². The van der Waals surface area contributed by atoms with Crippen molar-refractivity contribution in [3.63, 3.8) is 0 Å². The molecule has 0 radical (unpaired) electrons. The number of benzene rings is 1. The summed E-state index contributed by atoms with van der Waals surface area (Å²) in [5.41, 5.74) is 2.61. The van der Waals surface area contributed by atoms with Gasteiger partial charge in [0, 0.05) is 13.1 Å². The lowest BCUT2D eigenvalue weighted by Gasteiger charge is -2.29. The zero-order valence-corrected chi connectivity index (χ0v) is 12.5. The molecule has 21 heavy (non-hydrogen) atoms. The molecular weight excluding hydrogens is 268 g/mol. The first-order chi connectivity index (χ1) is 10.0. The van der Waals surface area contributed by atoms with E-state index in [-0.39, 0.29) is 12.1 Å². The molecule has 1 aliphatic carbocycles. The molecule has 1 aromatic rings. The molecule has 2 unspecified atom stereocenters. The summed E-state index contributed by atoms with van der Waals surface area (Å²) in [5, 5.41) is 12.1. The smallest absolute Gasteiger partial charge is 0.326 e. The van der Waals surface area contributed by atoms with Crippen LogP contribution in [-0.4, -0.2) is 41.1 Å². The number of carboxylic acid groups (broad SMARTS) is 1. The summed E-state index contributed by atoms with van der Waals surface area (Å²) >= 11 is 0. The lowest BCUT2D eigenvalue weighted by molar-refractivity contribution is -0.141. The number of rotatable bonds is 4. The molecule has 5 heteroatoms. The topological polar surface area (TPSA) is 69.6 Å². The number of carboxylic acids is 1. The van der Waals surface area contributed by atoms with E-state index in [4.69, 9.17) is 5.11 Å². The Hall–Kier alpha value is -2.04. The van der Waals surface area contributed by atoms with E-state index in [1.165, 1.54) is 23.1 Å². The van der Waals surface area contributed by atoms with Crippen molar-refractivity contribution >= 4 is 12.0 Å². The van der Waals surface area contributed by atoms with E-state index < -0.39 is 12.0 Å². The first-order valence-electron chi connectivity index (χ1n) is 7.35. The monoisotopic (exact) mass is 290 g/mol. The summed E-state index contributed by atoms with van der Waals surface area (Å²) < 4.78 is 0. The third-order valence-corrected chi connectivity index (χ3v) is 4.13. The molecule has 0 spiro atoms. The van der Waals surface area contributed by atoms with Crippen molar-refractivity contribution in [1.82, 2.24) is 10.2 Å². The van der Waals surface area contributed by atoms with Crippen molar-refractivity contribution < 1.29 is 14.7 Å². The Morgan fingerprint density at radius 2 is 2.05 bits per heavy atom. The Morgan fingerprint density at radius 1 is 1.38 bits per heavy atom. The minimum Gasteiger partial charge on any atom is -0.480 e. The summed E-state index contributed by atoms with van der Waals surface area (Å²) in [5.74, 6) is -0.968. The standard InChI is InChI=1S/C16H22N2O3/c1-3-14(15(19)20)18(2)16(21)17-13-9-8-11-6-4-5-7-12(11)10-13/h4-7,13-14H,3,8-10H2,1-2H3,(H,17,21)(H,19,20). The molecule has 2 amide bonds. The highest BCUT2D eigenvalue weighted by Crippen LogP contribution is 2.21. The normalized spacial score (nSPS) is 18.5. The fourth-order valence-corrected chi connectivity index (χ4v) is 2.85. The zero-order valence-electron chi connectivity index (χ0n) is 12.5. The molecule has 114 valence electrons. The first kappa shape index (κ1) is 15.4. The average Bonchev–Trinajstić information content (AvgIpc) is 2.47. The molecular formula is C16H22N2O3. The van der Waals surface area contributed by atoms with Gasteiger partial charge in [0.25, 0.3) is 0 Å². The minimum atomic E-state index is -0.968. The molecule has 2 rings (SSSR count). The van der Waals surface area contributed by atoms with Crippen molar-refractivity contribution in [2.75, 3.05) is 7.05 Å². The molecule has 2 N–H and O–H groups in total. The van der Waals surface area contributed by atoms with E-state index in [1.54, 1.807) is 6.92 Å². The van der Waals surface area contributed by atoms with E-state index >= 15 is 0 Å². The van der Waals surface area contributed by atoms with Crippen LogP contribution in [0.3, 0.4) is 0 Å². The maximum Gasteiger partial charge on any atom is 0.326 e. The zero-order chi connectivity index (χ0) is 15.4. The van der Waals surface area contributed by atoms with Crippen LogP contribution < -0.4 is 5.32 Å². The molecule has 0 fully saturated rings. The van der Waals surface area contributed by atoms with Crippen LogP contribution in [0.25, 0.3) is 0 Å². The lowest BCUT2D eigenvalue weighted by atomic mass is 9.88. The first-order valence-corrected chi connectivity index (χ1v) is 7.35. The number of amides is 2. The van der Waals surface area contributed by atoms with E-state index in [0.717, 1.165) is 19.3 Å². The SMILES string of the molecule is CCC(C(=O)O)N(C)C(=O)NC1CCc2ccccc2C1. The van der Waals surface area contributed by atoms with Crippen molar-refractivity contribution in [3.05, 3.63) is 35.4 Å². The number of urea groups is 1. The van der Waals surface area contributed by atoms with Crippen LogP contribution in [0.5, 0.6) is 0 Å². The van der Waals surface area contributed by atoms with Crippen molar-refractivity contribution in [2.45, 2.75) is 44.7 Å². The van der Waals surface area contributed by atoms with E-state index in [2.05, 4.69) is 17.4 Å². The van der Waals surface area contributed by atoms with Gasteiger partial charge in [0.2, 0.25) is 0 Å². The van der Waals surface area contributed by atoms with Gasteiger partial charge in [0.1, 0.15) is 6.04 Å². The van der Waals surface area contributed by atoms with Gasteiger partial charge in [-0.25, -0.2) is 9.59 Å².